The zero-order chi connectivity index (χ0) is 22.9. The molecule has 174 valence electrons. The molecule has 1 aliphatic heterocycles. The molecule has 3 atom stereocenters. The number of hydrogen-bond donors (Lipinski definition) is 1. The average Bonchev–Trinajstić information content (AvgIpc) is 3.23. The fraction of sp³-hybridized carbons (Fsp3) is 0.583. The Balaban J connectivity index is 1.71. The first kappa shape index (κ1) is 23.9. The highest BCUT2D eigenvalue weighted by molar-refractivity contribution is 5.90. The van der Waals surface area contributed by atoms with Crippen molar-refractivity contribution in [1.82, 2.24) is 10.2 Å². The van der Waals surface area contributed by atoms with Crippen LogP contribution in [0.3, 0.4) is 0 Å². The fourth-order valence-corrected chi connectivity index (χ4v) is 4.38. The Bertz CT molecular complexity index is 806. The van der Waals surface area contributed by atoms with Crippen molar-refractivity contribution in [3.63, 3.8) is 0 Å². The van der Waals surface area contributed by atoms with Gasteiger partial charge in [-0.1, -0.05) is 30.3 Å². The number of Topliss-reactive ketones (excluding diaryl/α,β-unsaturated/α-hetero) is 1. The molecule has 2 fully saturated rings. The quantitative estimate of drug-likeness (QED) is 0.580. The van der Waals surface area contributed by atoms with Gasteiger partial charge in [-0.15, -0.1) is 0 Å². The van der Waals surface area contributed by atoms with E-state index in [1.54, 1.807) is 4.90 Å². The number of carbonyl (C=O) groups is 4. The van der Waals surface area contributed by atoms with E-state index in [1.807, 2.05) is 30.3 Å². The van der Waals surface area contributed by atoms with E-state index in [0.29, 0.717) is 45.6 Å². The lowest BCUT2D eigenvalue weighted by molar-refractivity contribution is -0.146. The molecular formula is C24H32N2O6. The maximum Gasteiger partial charge on any atom is 0.328 e. The molecule has 3 rings (SSSR count). The van der Waals surface area contributed by atoms with Crippen molar-refractivity contribution in [1.29, 1.82) is 0 Å². The zero-order valence-corrected chi connectivity index (χ0v) is 18.6. The SMILES string of the molecule is COC(=O)[C@H](CC1CCCC1=O)NC(=O)[C@@H](CC(=O)N1CCOCC1)Cc1ccccc1. The number of methoxy groups -OCH3 is 1. The van der Waals surface area contributed by atoms with Crippen LogP contribution in [0.1, 0.15) is 37.7 Å². The predicted octanol–water partition coefficient (Wildman–Crippen LogP) is 1.51. The van der Waals surface area contributed by atoms with Gasteiger partial charge in [0, 0.05) is 31.8 Å². The summed E-state index contributed by atoms with van der Waals surface area (Å²) < 4.78 is 10.2. The molecule has 8 heteroatoms. The second-order valence-electron chi connectivity index (χ2n) is 8.46. The Morgan fingerprint density at radius 2 is 1.91 bits per heavy atom. The third kappa shape index (κ3) is 6.63. The third-order valence-electron chi connectivity index (χ3n) is 6.23. The number of rotatable bonds is 9. The molecule has 0 aromatic heterocycles. The Labute approximate surface area is 188 Å². The number of hydrogen-bond acceptors (Lipinski definition) is 6. The van der Waals surface area contributed by atoms with Crippen LogP contribution in [-0.4, -0.2) is 67.9 Å². The molecule has 32 heavy (non-hydrogen) atoms. The van der Waals surface area contributed by atoms with Crippen LogP contribution in [0.2, 0.25) is 0 Å². The van der Waals surface area contributed by atoms with Gasteiger partial charge in [-0.05, 0) is 31.2 Å². The van der Waals surface area contributed by atoms with Crippen LogP contribution in [0.5, 0.6) is 0 Å². The molecule has 1 heterocycles. The summed E-state index contributed by atoms with van der Waals surface area (Å²) in [4.78, 5) is 52.3. The minimum absolute atomic E-state index is 0.0387. The van der Waals surface area contributed by atoms with Crippen molar-refractivity contribution in [2.75, 3.05) is 33.4 Å². The van der Waals surface area contributed by atoms with Crippen LogP contribution >= 0.6 is 0 Å². The number of esters is 1. The average molecular weight is 445 g/mol. The lowest BCUT2D eigenvalue weighted by Crippen LogP contribution is -2.47. The smallest absolute Gasteiger partial charge is 0.328 e. The fourth-order valence-electron chi connectivity index (χ4n) is 4.38. The standard InChI is InChI=1S/C24H32N2O6/c1-31-24(30)20(15-18-8-5-9-21(18)27)25-23(29)19(14-17-6-3-2-4-7-17)16-22(28)26-10-12-32-13-11-26/h2-4,6-7,18-20H,5,8-16H2,1H3,(H,25,29)/t18?,19-,20+/m1/s1. The van der Waals surface area contributed by atoms with Gasteiger partial charge in [-0.25, -0.2) is 4.79 Å². The molecule has 1 saturated carbocycles. The van der Waals surface area contributed by atoms with Gasteiger partial charge in [-0.3, -0.25) is 14.4 Å². The van der Waals surface area contributed by atoms with Crippen LogP contribution in [0.4, 0.5) is 0 Å². The topological polar surface area (TPSA) is 102 Å². The lowest BCUT2D eigenvalue weighted by atomic mass is 9.92. The molecular weight excluding hydrogens is 412 g/mol. The first-order valence-electron chi connectivity index (χ1n) is 11.3. The van der Waals surface area contributed by atoms with Gasteiger partial charge in [0.2, 0.25) is 11.8 Å². The summed E-state index contributed by atoms with van der Waals surface area (Å²) >= 11 is 0. The van der Waals surface area contributed by atoms with Crippen molar-refractivity contribution in [2.45, 2.75) is 44.6 Å². The van der Waals surface area contributed by atoms with Gasteiger partial charge in [-0.2, -0.15) is 0 Å². The maximum absolute atomic E-state index is 13.3. The number of ketones is 1. The number of amides is 2. The van der Waals surface area contributed by atoms with E-state index in [9.17, 15) is 19.2 Å². The second kappa shape index (κ2) is 11.8. The van der Waals surface area contributed by atoms with E-state index < -0.39 is 17.9 Å². The minimum Gasteiger partial charge on any atom is -0.467 e. The highest BCUT2D eigenvalue weighted by atomic mass is 16.5. The van der Waals surface area contributed by atoms with Crippen molar-refractivity contribution >= 4 is 23.6 Å². The first-order chi connectivity index (χ1) is 15.5. The predicted molar refractivity (Wildman–Crippen MR) is 117 cm³/mol. The number of nitrogens with zero attached hydrogens (tertiary/aromatic N) is 1. The summed E-state index contributed by atoms with van der Waals surface area (Å²) in [6.45, 7) is 1.99. The zero-order valence-electron chi connectivity index (χ0n) is 18.6. The summed E-state index contributed by atoms with van der Waals surface area (Å²) in [5.74, 6) is -1.82. The molecule has 1 unspecified atom stereocenters. The van der Waals surface area contributed by atoms with Crippen LogP contribution in [0.15, 0.2) is 30.3 Å². The molecule has 8 nitrogen and oxygen atoms in total. The Morgan fingerprint density at radius 3 is 2.53 bits per heavy atom. The molecule has 0 spiro atoms. The highest BCUT2D eigenvalue weighted by Crippen LogP contribution is 2.26. The van der Waals surface area contributed by atoms with Crippen LogP contribution in [0, 0.1) is 11.8 Å². The number of morpholine rings is 1. The largest absolute Gasteiger partial charge is 0.467 e. The summed E-state index contributed by atoms with van der Waals surface area (Å²) in [7, 11) is 1.27. The second-order valence-corrected chi connectivity index (χ2v) is 8.46. The van der Waals surface area contributed by atoms with Gasteiger partial charge >= 0.3 is 5.97 Å². The monoisotopic (exact) mass is 444 g/mol. The Kier molecular flexibility index (Phi) is 8.79. The Hall–Kier alpha value is -2.74. The minimum atomic E-state index is -0.906. The molecule has 1 aromatic rings. The molecule has 0 radical (unpaired) electrons. The third-order valence-corrected chi connectivity index (χ3v) is 6.23. The summed E-state index contributed by atoms with van der Waals surface area (Å²) in [5.41, 5.74) is 0.933. The first-order valence-corrected chi connectivity index (χ1v) is 11.3. The molecule has 2 aliphatic rings. The lowest BCUT2D eigenvalue weighted by Gasteiger charge is -2.29. The summed E-state index contributed by atoms with van der Waals surface area (Å²) in [6, 6.07) is 8.58. The van der Waals surface area contributed by atoms with Crippen LogP contribution in [-0.2, 0) is 35.1 Å². The molecule has 1 saturated heterocycles. The van der Waals surface area contributed by atoms with Gasteiger partial charge < -0.3 is 19.7 Å². The van der Waals surface area contributed by atoms with E-state index in [2.05, 4.69) is 5.32 Å². The molecule has 0 bridgehead atoms. The van der Waals surface area contributed by atoms with Crippen LogP contribution < -0.4 is 5.32 Å². The van der Waals surface area contributed by atoms with Crippen molar-refractivity contribution < 1.29 is 28.7 Å². The number of nitrogens with one attached hydrogen (secondary N) is 1. The normalized spacial score (nSPS) is 20.5. The van der Waals surface area contributed by atoms with Crippen molar-refractivity contribution in [3.8, 4) is 0 Å². The molecule has 1 N–H and O–H groups in total. The van der Waals surface area contributed by atoms with Crippen molar-refractivity contribution in [2.24, 2.45) is 11.8 Å². The van der Waals surface area contributed by atoms with E-state index >= 15 is 0 Å². The molecule has 2 amide bonds. The number of benzene rings is 1. The van der Waals surface area contributed by atoms with E-state index in [0.717, 1.165) is 12.0 Å². The highest BCUT2D eigenvalue weighted by Gasteiger charge is 2.34. The van der Waals surface area contributed by atoms with Gasteiger partial charge in [0.1, 0.15) is 11.8 Å². The molecule has 1 aliphatic carbocycles. The van der Waals surface area contributed by atoms with Gasteiger partial charge in [0.05, 0.1) is 26.2 Å². The van der Waals surface area contributed by atoms with E-state index in [4.69, 9.17) is 9.47 Å². The number of carbonyl (C=O) groups excluding carboxylic acids is 4. The Morgan fingerprint density at radius 1 is 1.19 bits per heavy atom. The number of ether oxygens (including phenoxy) is 2. The molecule has 1 aromatic carbocycles. The summed E-state index contributed by atoms with van der Waals surface area (Å²) in [5, 5.41) is 2.78. The van der Waals surface area contributed by atoms with Crippen molar-refractivity contribution in [3.05, 3.63) is 35.9 Å². The van der Waals surface area contributed by atoms with Crippen LogP contribution in [0.25, 0.3) is 0 Å². The van der Waals surface area contributed by atoms with E-state index in [-0.39, 0.29) is 36.4 Å². The van der Waals surface area contributed by atoms with Gasteiger partial charge in [0.15, 0.2) is 0 Å². The summed E-state index contributed by atoms with van der Waals surface area (Å²) in [6.07, 6.45) is 2.67. The maximum atomic E-state index is 13.3. The van der Waals surface area contributed by atoms with Gasteiger partial charge in [0.25, 0.3) is 0 Å². The van der Waals surface area contributed by atoms with E-state index in [1.165, 1.54) is 7.11 Å².